The number of aryl methyl sites for hydroxylation is 2. The molecule has 1 heterocycles. The molecule has 0 fully saturated rings. The smallest absolute Gasteiger partial charge is 0.255 e. The van der Waals surface area contributed by atoms with Crippen molar-refractivity contribution in [3.63, 3.8) is 0 Å². The summed E-state index contributed by atoms with van der Waals surface area (Å²) in [5.41, 5.74) is 4.96. The number of benzene rings is 2. The summed E-state index contributed by atoms with van der Waals surface area (Å²) in [5, 5.41) is 13.4. The fourth-order valence-corrected chi connectivity index (χ4v) is 2.05. The van der Waals surface area contributed by atoms with Gasteiger partial charge < -0.3 is 5.32 Å². The van der Waals surface area contributed by atoms with Gasteiger partial charge in [0.05, 0.1) is 0 Å². The Kier molecular flexibility index (Phi) is 2.95. The third-order valence-electron chi connectivity index (χ3n) is 3.22. The fraction of sp³-hybridized carbons (Fsp3) is 0.133. The zero-order valence-electron chi connectivity index (χ0n) is 11.3. The minimum absolute atomic E-state index is 0.149. The summed E-state index contributed by atoms with van der Waals surface area (Å²) in [6.07, 6.45) is 0. The predicted molar refractivity (Wildman–Crippen MR) is 77.8 cm³/mol. The van der Waals surface area contributed by atoms with Gasteiger partial charge in [-0.15, -0.1) is 0 Å². The van der Waals surface area contributed by atoms with Crippen LogP contribution in [0.15, 0.2) is 36.4 Å². The van der Waals surface area contributed by atoms with E-state index in [1.54, 1.807) is 18.2 Å². The van der Waals surface area contributed by atoms with E-state index in [9.17, 15) is 4.79 Å². The zero-order chi connectivity index (χ0) is 14.1. The van der Waals surface area contributed by atoms with Gasteiger partial charge in [-0.05, 0) is 49.2 Å². The standard InChI is InChI=1S/C15H14N4O/c1-9-3-4-10(2)13(7-9)16-15(20)11-5-6-12-14(8-11)18-19-17-12/h3-8H,1-2H3,(H,16,20)(H,17,18,19). The summed E-state index contributed by atoms with van der Waals surface area (Å²) in [5.74, 6) is -0.149. The minimum atomic E-state index is -0.149. The summed E-state index contributed by atoms with van der Waals surface area (Å²) >= 11 is 0. The van der Waals surface area contributed by atoms with Crippen LogP contribution in [0.4, 0.5) is 5.69 Å². The average molecular weight is 266 g/mol. The maximum atomic E-state index is 12.3. The van der Waals surface area contributed by atoms with Gasteiger partial charge in [0.25, 0.3) is 5.91 Å². The molecule has 3 rings (SSSR count). The lowest BCUT2D eigenvalue weighted by Gasteiger charge is -2.09. The number of rotatable bonds is 2. The number of H-pyrrole nitrogens is 1. The molecular weight excluding hydrogens is 252 g/mol. The molecule has 1 aromatic heterocycles. The van der Waals surface area contributed by atoms with Gasteiger partial charge in [-0.2, -0.15) is 15.4 Å². The highest BCUT2D eigenvalue weighted by atomic mass is 16.1. The number of nitrogens with one attached hydrogen (secondary N) is 2. The van der Waals surface area contributed by atoms with Crippen LogP contribution in [-0.4, -0.2) is 21.3 Å². The molecule has 0 aliphatic heterocycles. The van der Waals surface area contributed by atoms with Crippen LogP contribution in [-0.2, 0) is 0 Å². The van der Waals surface area contributed by atoms with Crippen molar-refractivity contribution < 1.29 is 4.79 Å². The van der Waals surface area contributed by atoms with E-state index in [0.717, 1.165) is 22.3 Å². The number of hydrogen-bond donors (Lipinski definition) is 2. The predicted octanol–water partition coefficient (Wildman–Crippen LogP) is 2.83. The SMILES string of the molecule is Cc1ccc(C)c(NC(=O)c2ccc3n[nH]nc3c2)c1. The summed E-state index contributed by atoms with van der Waals surface area (Å²) in [6.45, 7) is 3.96. The fourth-order valence-electron chi connectivity index (χ4n) is 2.05. The Labute approximate surface area is 116 Å². The van der Waals surface area contributed by atoms with E-state index in [-0.39, 0.29) is 5.91 Å². The minimum Gasteiger partial charge on any atom is -0.322 e. The van der Waals surface area contributed by atoms with Gasteiger partial charge in [-0.25, -0.2) is 0 Å². The van der Waals surface area contributed by atoms with E-state index in [2.05, 4.69) is 20.7 Å². The molecule has 0 aliphatic carbocycles. The van der Waals surface area contributed by atoms with Crippen LogP contribution >= 0.6 is 0 Å². The molecule has 0 radical (unpaired) electrons. The topological polar surface area (TPSA) is 70.7 Å². The molecule has 0 aliphatic rings. The van der Waals surface area contributed by atoms with Crippen molar-refractivity contribution in [1.82, 2.24) is 15.4 Å². The molecule has 5 nitrogen and oxygen atoms in total. The number of amides is 1. The first-order chi connectivity index (χ1) is 9.63. The Bertz CT molecular complexity index is 791. The number of fused-ring (bicyclic) bond motifs is 1. The summed E-state index contributed by atoms with van der Waals surface area (Å²) in [6, 6.07) is 11.2. The Morgan fingerprint density at radius 2 is 1.85 bits per heavy atom. The molecule has 0 atom stereocenters. The van der Waals surface area contributed by atoms with E-state index >= 15 is 0 Å². The lowest BCUT2D eigenvalue weighted by atomic mass is 10.1. The number of aromatic nitrogens is 3. The second-order valence-corrected chi connectivity index (χ2v) is 4.80. The highest BCUT2D eigenvalue weighted by Crippen LogP contribution is 2.18. The Balaban J connectivity index is 1.90. The molecule has 0 spiro atoms. The number of hydrogen-bond acceptors (Lipinski definition) is 3. The summed E-state index contributed by atoms with van der Waals surface area (Å²) < 4.78 is 0. The molecule has 2 aromatic carbocycles. The Hall–Kier alpha value is -2.69. The van der Waals surface area contributed by atoms with E-state index < -0.39 is 0 Å². The van der Waals surface area contributed by atoms with E-state index in [4.69, 9.17) is 0 Å². The Morgan fingerprint density at radius 1 is 1.05 bits per heavy atom. The van der Waals surface area contributed by atoms with Gasteiger partial charge >= 0.3 is 0 Å². The summed E-state index contributed by atoms with van der Waals surface area (Å²) in [4.78, 5) is 12.3. The third-order valence-corrected chi connectivity index (χ3v) is 3.22. The molecule has 1 amide bonds. The second-order valence-electron chi connectivity index (χ2n) is 4.80. The van der Waals surface area contributed by atoms with Crippen LogP contribution in [0.3, 0.4) is 0 Å². The van der Waals surface area contributed by atoms with Crippen molar-refractivity contribution in [1.29, 1.82) is 0 Å². The lowest BCUT2D eigenvalue weighted by Crippen LogP contribution is -2.12. The highest BCUT2D eigenvalue weighted by Gasteiger charge is 2.09. The molecule has 0 saturated heterocycles. The zero-order valence-corrected chi connectivity index (χ0v) is 11.3. The molecule has 3 aromatic rings. The first-order valence-electron chi connectivity index (χ1n) is 6.32. The number of nitrogens with zero attached hydrogens (tertiary/aromatic N) is 2. The summed E-state index contributed by atoms with van der Waals surface area (Å²) in [7, 11) is 0. The molecular formula is C15H14N4O. The van der Waals surface area contributed by atoms with E-state index in [0.29, 0.717) is 11.1 Å². The quantitative estimate of drug-likeness (QED) is 0.749. The van der Waals surface area contributed by atoms with E-state index in [1.165, 1.54) is 0 Å². The van der Waals surface area contributed by atoms with Gasteiger partial charge in [0, 0.05) is 11.3 Å². The Morgan fingerprint density at radius 3 is 2.70 bits per heavy atom. The molecule has 0 bridgehead atoms. The van der Waals surface area contributed by atoms with Gasteiger partial charge in [0.1, 0.15) is 11.0 Å². The lowest BCUT2D eigenvalue weighted by molar-refractivity contribution is 0.102. The first kappa shape index (κ1) is 12.3. The van der Waals surface area contributed by atoms with Crippen molar-refractivity contribution >= 4 is 22.6 Å². The van der Waals surface area contributed by atoms with Crippen LogP contribution < -0.4 is 5.32 Å². The number of carbonyl (C=O) groups excluding carboxylic acids is 1. The normalized spacial score (nSPS) is 10.7. The van der Waals surface area contributed by atoms with Crippen molar-refractivity contribution in [2.75, 3.05) is 5.32 Å². The van der Waals surface area contributed by atoms with Crippen molar-refractivity contribution in [3.05, 3.63) is 53.1 Å². The first-order valence-corrected chi connectivity index (χ1v) is 6.32. The van der Waals surface area contributed by atoms with Crippen LogP contribution in [0.5, 0.6) is 0 Å². The third kappa shape index (κ3) is 2.25. The van der Waals surface area contributed by atoms with Crippen molar-refractivity contribution in [2.24, 2.45) is 0 Å². The maximum absolute atomic E-state index is 12.3. The van der Waals surface area contributed by atoms with Gasteiger partial charge in [-0.1, -0.05) is 12.1 Å². The van der Waals surface area contributed by atoms with Crippen LogP contribution in [0, 0.1) is 13.8 Å². The van der Waals surface area contributed by atoms with Crippen LogP contribution in [0.2, 0.25) is 0 Å². The number of anilines is 1. The van der Waals surface area contributed by atoms with Crippen molar-refractivity contribution in [2.45, 2.75) is 13.8 Å². The maximum Gasteiger partial charge on any atom is 0.255 e. The van der Waals surface area contributed by atoms with E-state index in [1.807, 2.05) is 32.0 Å². The van der Waals surface area contributed by atoms with Crippen molar-refractivity contribution in [3.8, 4) is 0 Å². The van der Waals surface area contributed by atoms with Gasteiger partial charge in [0.15, 0.2) is 0 Å². The van der Waals surface area contributed by atoms with Gasteiger partial charge in [-0.3, -0.25) is 4.79 Å². The molecule has 0 saturated carbocycles. The number of carbonyl (C=O) groups is 1. The largest absolute Gasteiger partial charge is 0.322 e. The molecule has 0 unspecified atom stereocenters. The molecule has 100 valence electrons. The monoisotopic (exact) mass is 266 g/mol. The second kappa shape index (κ2) is 4.77. The number of aromatic amines is 1. The molecule has 20 heavy (non-hydrogen) atoms. The highest BCUT2D eigenvalue weighted by molar-refractivity contribution is 6.06. The van der Waals surface area contributed by atoms with Crippen LogP contribution in [0.25, 0.3) is 11.0 Å². The molecule has 5 heteroatoms. The van der Waals surface area contributed by atoms with Gasteiger partial charge in [0.2, 0.25) is 0 Å². The average Bonchev–Trinajstić information content (AvgIpc) is 2.90. The molecule has 2 N–H and O–H groups in total. The van der Waals surface area contributed by atoms with Crippen LogP contribution in [0.1, 0.15) is 21.5 Å².